The molecule has 2 aromatic carbocycles. The fraction of sp³-hybridized carbons (Fsp3) is 0. The molecule has 0 saturated carbocycles. The summed E-state index contributed by atoms with van der Waals surface area (Å²) in [6, 6.07) is 14.8. The van der Waals surface area contributed by atoms with Gasteiger partial charge in [0.1, 0.15) is 11.5 Å². The van der Waals surface area contributed by atoms with E-state index in [-0.39, 0.29) is 11.3 Å². The Morgan fingerprint density at radius 3 is 2.22 bits per heavy atom. The number of carbonyl (C=O) groups is 2. The monoisotopic (exact) mass is 322 g/mol. The highest BCUT2D eigenvalue weighted by molar-refractivity contribution is 8.03. The van der Waals surface area contributed by atoms with Gasteiger partial charge in [0.25, 0.3) is 0 Å². The predicted molar refractivity (Wildman–Crippen MR) is 86.3 cm³/mol. The molecule has 6 nitrogen and oxygen atoms in total. The van der Waals surface area contributed by atoms with Crippen LogP contribution >= 0.6 is 11.8 Å². The molecule has 7 heteroatoms. The molecule has 112 valence electrons. The smallest absolute Gasteiger partial charge is 0.314 e. The molecule has 2 rings (SSSR count). The van der Waals surface area contributed by atoms with E-state index in [4.69, 9.17) is 10.5 Å². The van der Waals surface area contributed by atoms with Gasteiger partial charge in [-0.3, -0.25) is 9.59 Å². The standard InChI is InChI=1S/C16H10N4O2S/c17-9-11-3-1-2-4-14(11)20-16(22)15(21)19-12-5-7-13(8-6-12)23-10-18/h1-8H,(H,19,21)(H,20,22). The summed E-state index contributed by atoms with van der Waals surface area (Å²) in [5.41, 5.74) is 0.975. The maximum absolute atomic E-state index is 11.9. The number of thiocyanates is 1. The maximum atomic E-state index is 11.9. The Hall–Kier alpha value is -3.29. The van der Waals surface area contributed by atoms with E-state index in [0.29, 0.717) is 5.69 Å². The minimum absolute atomic E-state index is 0.270. The van der Waals surface area contributed by atoms with Gasteiger partial charge in [0.05, 0.1) is 11.3 Å². The number of anilines is 2. The highest BCUT2D eigenvalue weighted by Gasteiger charge is 2.15. The van der Waals surface area contributed by atoms with Crippen LogP contribution in [0.25, 0.3) is 0 Å². The SMILES string of the molecule is N#CSc1ccc(NC(=O)C(=O)Nc2ccccc2C#N)cc1. The van der Waals surface area contributed by atoms with Crippen molar-refractivity contribution in [2.24, 2.45) is 0 Å². The van der Waals surface area contributed by atoms with Crippen LogP contribution in [0.1, 0.15) is 5.56 Å². The summed E-state index contributed by atoms with van der Waals surface area (Å²) in [6.07, 6.45) is 0. The van der Waals surface area contributed by atoms with Crippen molar-refractivity contribution in [3.63, 3.8) is 0 Å². The zero-order valence-electron chi connectivity index (χ0n) is 11.7. The molecule has 2 N–H and O–H groups in total. The molecule has 0 saturated heterocycles. The minimum Gasteiger partial charge on any atom is -0.318 e. The molecule has 2 amide bonds. The summed E-state index contributed by atoms with van der Waals surface area (Å²) in [4.78, 5) is 24.5. The lowest BCUT2D eigenvalue weighted by Gasteiger charge is -2.07. The van der Waals surface area contributed by atoms with Gasteiger partial charge in [-0.1, -0.05) is 12.1 Å². The molecule has 0 unspecified atom stereocenters. The molecule has 0 fully saturated rings. The quantitative estimate of drug-likeness (QED) is 0.513. The molecule has 0 radical (unpaired) electrons. The second kappa shape index (κ2) is 7.64. The van der Waals surface area contributed by atoms with Crippen LogP contribution < -0.4 is 10.6 Å². The minimum atomic E-state index is -0.872. The van der Waals surface area contributed by atoms with Crippen molar-refractivity contribution in [3.8, 4) is 11.5 Å². The van der Waals surface area contributed by atoms with Crippen LogP contribution in [-0.2, 0) is 9.59 Å². The van der Waals surface area contributed by atoms with Gasteiger partial charge in [0.15, 0.2) is 0 Å². The van der Waals surface area contributed by atoms with E-state index in [1.165, 1.54) is 6.07 Å². The van der Waals surface area contributed by atoms with Crippen molar-refractivity contribution < 1.29 is 9.59 Å². The molecule has 23 heavy (non-hydrogen) atoms. The summed E-state index contributed by atoms with van der Waals surface area (Å²) < 4.78 is 0. The van der Waals surface area contributed by atoms with Crippen molar-refractivity contribution in [1.82, 2.24) is 0 Å². The number of hydrogen-bond donors (Lipinski definition) is 2. The summed E-state index contributed by atoms with van der Waals surface area (Å²) in [7, 11) is 0. The highest BCUT2D eigenvalue weighted by Crippen LogP contribution is 2.19. The molecule has 0 aliphatic rings. The third-order valence-corrected chi connectivity index (χ3v) is 3.38. The van der Waals surface area contributed by atoms with Crippen LogP contribution in [-0.4, -0.2) is 11.8 Å². The summed E-state index contributed by atoms with van der Waals surface area (Å²) >= 11 is 0.998. The van der Waals surface area contributed by atoms with Gasteiger partial charge in [-0.15, -0.1) is 0 Å². The third kappa shape index (κ3) is 4.34. The molecule has 0 atom stereocenters. The number of nitriles is 2. The molecule has 0 spiro atoms. The number of nitrogens with one attached hydrogen (secondary N) is 2. The number of thioether (sulfide) groups is 1. The van der Waals surface area contributed by atoms with Crippen LogP contribution in [0.5, 0.6) is 0 Å². The molecule has 0 heterocycles. The largest absolute Gasteiger partial charge is 0.318 e. The Kier molecular flexibility index (Phi) is 5.35. The first-order chi connectivity index (χ1) is 11.1. The Morgan fingerprint density at radius 1 is 0.913 bits per heavy atom. The second-order valence-corrected chi connectivity index (χ2v) is 5.14. The predicted octanol–water partition coefficient (Wildman–Crippen LogP) is 2.71. The molecule has 0 aliphatic carbocycles. The fourth-order valence-electron chi connectivity index (χ4n) is 1.72. The Morgan fingerprint density at radius 2 is 1.57 bits per heavy atom. The zero-order valence-corrected chi connectivity index (χ0v) is 12.6. The Bertz CT molecular complexity index is 819. The van der Waals surface area contributed by atoms with E-state index in [2.05, 4.69) is 10.6 Å². The molecular formula is C16H10N4O2S. The van der Waals surface area contributed by atoms with Crippen LogP contribution in [0.2, 0.25) is 0 Å². The van der Waals surface area contributed by atoms with E-state index in [9.17, 15) is 9.59 Å². The Labute approximate surface area is 136 Å². The van der Waals surface area contributed by atoms with Gasteiger partial charge in [-0.25, -0.2) is 0 Å². The lowest BCUT2D eigenvalue weighted by Crippen LogP contribution is -2.29. The van der Waals surface area contributed by atoms with Gasteiger partial charge < -0.3 is 10.6 Å². The Balaban J connectivity index is 2.02. The van der Waals surface area contributed by atoms with Crippen LogP contribution in [0, 0.1) is 22.0 Å². The van der Waals surface area contributed by atoms with Crippen molar-refractivity contribution in [1.29, 1.82) is 10.5 Å². The van der Waals surface area contributed by atoms with Crippen LogP contribution in [0.3, 0.4) is 0 Å². The van der Waals surface area contributed by atoms with Gasteiger partial charge in [0, 0.05) is 10.6 Å². The van der Waals surface area contributed by atoms with Gasteiger partial charge in [0.2, 0.25) is 0 Å². The van der Waals surface area contributed by atoms with Gasteiger partial charge in [-0.05, 0) is 48.2 Å². The average Bonchev–Trinajstić information content (AvgIpc) is 2.57. The summed E-state index contributed by atoms with van der Waals surface area (Å²) in [5, 5.41) is 24.3. The van der Waals surface area contributed by atoms with E-state index in [1.54, 1.807) is 42.5 Å². The van der Waals surface area contributed by atoms with Crippen molar-refractivity contribution in [3.05, 3.63) is 54.1 Å². The third-order valence-electron chi connectivity index (χ3n) is 2.78. The number of hydrogen-bond acceptors (Lipinski definition) is 5. The highest BCUT2D eigenvalue weighted by atomic mass is 32.2. The molecular weight excluding hydrogens is 312 g/mol. The molecule has 2 aromatic rings. The molecule has 0 bridgehead atoms. The topological polar surface area (TPSA) is 106 Å². The van der Waals surface area contributed by atoms with Crippen LogP contribution in [0.4, 0.5) is 11.4 Å². The van der Waals surface area contributed by atoms with Crippen molar-refractivity contribution >= 4 is 35.0 Å². The number of para-hydroxylation sites is 1. The zero-order chi connectivity index (χ0) is 16.7. The summed E-state index contributed by atoms with van der Waals surface area (Å²) in [5.74, 6) is -1.72. The molecule has 0 aliphatic heterocycles. The van der Waals surface area contributed by atoms with E-state index in [0.717, 1.165) is 16.7 Å². The van der Waals surface area contributed by atoms with Crippen LogP contribution in [0.15, 0.2) is 53.4 Å². The first kappa shape index (κ1) is 16.1. The van der Waals surface area contributed by atoms with E-state index < -0.39 is 11.8 Å². The first-order valence-corrected chi connectivity index (χ1v) is 7.23. The first-order valence-electron chi connectivity index (χ1n) is 6.41. The van der Waals surface area contributed by atoms with Crippen molar-refractivity contribution in [2.75, 3.05) is 10.6 Å². The van der Waals surface area contributed by atoms with Crippen molar-refractivity contribution in [2.45, 2.75) is 4.90 Å². The summed E-state index contributed by atoms with van der Waals surface area (Å²) in [6.45, 7) is 0. The normalized spacial score (nSPS) is 9.30. The lowest BCUT2D eigenvalue weighted by atomic mass is 10.2. The lowest BCUT2D eigenvalue weighted by molar-refractivity contribution is -0.133. The number of benzene rings is 2. The van der Waals surface area contributed by atoms with Gasteiger partial charge >= 0.3 is 11.8 Å². The molecule has 0 aromatic heterocycles. The van der Waals surface area contributed by atoms with Gasteiger partial charge in [-0.2, -0.15) is 10.5 Å². The number of carbonyl (C=O) groups excluding carboxylic acids is 2. The number of amides is 2. The maximum Gasteiger partial charge on any atom is 0.314 e. The second-order valence-electron chi connectivity index (χ2n) is 4.28. The van der Waals surface area contributed by atoms with E-state index in [1.807, 2.05) is 11.5 Å². The average molecular weight is 322 g/mol. The van der Waals surface area contributed by atoms with E-state index >= 15 is 0 Å². The number of rotatable bonds is 3. The fourth-order valence-corrected chi connectivity index (χ4v) is 2.09. The number of nitrogens with zero attached hydrogens (tertiary/aromatic N) is 2.